The van der Waals surface area contributed by atoms with Crippen LogP contribution < -0.4 is 37.3 Å². The van der Waals surface area contributed by atoms with Crippen molar-refractivity contribution in [1.82, 2.24) is 21.3 Å². The molecule has 0 radical (unpaired) electrons. The highest BCUT2D eigenvalue weighted by atomic mass is 31.2. The molecule has 0 unspecified atom stereocenters. The zero-order valence-electron chi connectivity index (χ0n) is 27.8. The van der Waals surface area contributed by atoms with E-state index in [0.29, 0.717) is 5.56 Å². The van der Waals surface area contributed by atoms with Gasteiger partial charge in [-0.2, -0.15) is 0 Å². The number of carbonyl (C=O) groups is 9. The van der Waals surface area contributed by atoms with Gasteiger partial charge in [-0.1, -0.05) is 12.1 Å². The lowest BCUT2D eigenvalue weighted by Crippen LogP contribution is -2.59. The standard InChI is InChI=1S/C29H41N6O17P/c30-16(5-9-21(36)37)26(45)32-17(6-10-22(38)39)27(46)33-18(7-11-23(40)41)28(47)34-19(8-12-24(42)43)29(48)35-20(25(31)44)13-14-1-3-15(4-2-14)52-53(49,50)51/h1-4,16-20H,5-13,30H2,(H2,31,44)(H,32,45)(H,33,46)(H,34,47)(H,35,48)(H,36,37)(H,38,39)(H,40,41)(H,42,43)(H2,49,50,51)/t16-,17-,18-,19-,20+/m0/s1. The van der Waals surface area contributed by atoms with Gasteiger partial charge in [-0.3, -0.25) is 52.9 Å². The predicted molar refractivity (Wildman–Crippen MR) is 175 cm³/mol. The summed E-state index contributed by atoms with van der Waals surface area (Å²) >= 11 is 0. The van der Waals surface area contributed by atoms with Crippen LogP contribution in [0.15, 0.2) is 24.3 Å². The Morgan fingerprint density at radius 2 is 0.925 bits per heavy atom. The van der Waals surface area contributed by atoms with E-state index in [0.717, 1.165) is 12.1 Å². The second-order valence-electron chi connectivity index (χ2n) is 11.4. The van der Waals surface area contributed by atoms with E-state index in [-0.39, 0.29) is 18.6 Å². The largest absolute Gasteiger partial charge is 0.524 e. The number of benzene rings is 1. The van der Waals surface area contributed by atoms with Gasteiger partial charge in [0.2, 0.25) is 29.5 Å². The van der Waals surface area contributed by atoms with Crippen LogP contribution in [0.2, 0.25) is 0 Å². The zero-order chi connectivity index (χ0) is 40.5. The molecule has 0 aliphatic carbocycles. The number of carbonyl (C=O) groups excluding carboxylic acids is 5. The molecule has 0 aliphatic rings. The Morgan fingerprint density at radius 1 is 0.585 bits per heavy atom. The van der Waals surface area contributed by atoms with E-state index < -0.39 is 136 Å². The minimum absolute atomic E-state index is 0.224. The van der Waals surface area contributed by atoms with E-state index in [1.54, 1.807) is 0 Å². The summed E-state index contributed by atoms with van der Waals surface area (Å²) < 4.78 is 15.5. The lowest BCUT2D eigenvalue weighted by Gasteiger charge is -2.26. The molecular weight excluding hydrogens is 735 g/mol. The predicted octanol–water partition coefficient (Wildman–Crippen LogP) is -3.09. The monoisotopic (exact) mass is 776 g/mol. The van der Waals surface area contributed by atoms with E-state index in [2.05, 4.69) is 25.8 Å². The molecule has 5 atom stereocenters. The zero-order valence-corrected chi connectivity index (χ0v) is 28.7. The Labute approximate surface area is 300 Å². The summed E-state index contributed by atoms with van der Waals surface area (Å²) in [6.45, 7) is 0. The summed E-state index contributed by atoms with van der Waals surface area (Å²) in [5, 5.41) is 45.2. The minimum atomic E-state index is -4.87. The number of hydrogen-bond donors (Lipinski definition) is 12. The molecule has 0 saturated carbocycles. The van der Waals surface area contributed by atoms with Crippen LogP contribution in [0.1, 0.15) is 56.9 Å². The molecular formula is C29H41N6O17P. The van der Waals surface area contributed by atoms with Gasteiger partial charge < -0.3 is 57.7 Å². The summed E-state index contributed by atoms with van der Waals surface area (Å²) in [6, 6.07) is -3.19. The normalized spacial score (nSPS) is 13.9. The third-order valence-electron chi connectivity index (χ3n) is 7.09. The molecule has 0 aromatic heterocycles. The first-order valence-corrected chi connectivity index (χ1v) is 17.1. The third kappa shape index (κ3) is 19.0. The maximum atomic E-state index is 13.4. The molecule has 0 heterocycles. The highest BCUT2D eigenvalue weighted by molar-refractivity contribution is 7.46. The smallest absolute Gasteiger partial charge is 0.481 e. The van der Waals surface area contributed by atoms with Crippen molar-refractivity contribution < 1.29 is 82.5 Å². The van der Waals surface area contributed by atoms with Gasteiger partial charge in [-0.05, 0) is 43.4 Å². The van der Waals surface area contributed by atoms with Crippen LogP contribution >= 0.6 is 7.82 Å². The van der Waals surface area contributed by atoms with Crippen LogP contribution in [-0.4, -0.2) is 114 Å². The van der Waals surface area contributed by atoms with E-state index in [1.165, 1.54) is 12.1 Å². The van der Waals surface area contributed by atoms with E-state index in [1.807, 2.05) is 0 Å². The highest BCUT2D eigenvalue weighted by Gasteiger charge is 2.32. The van der Waals surface area contributed by atoms with Gasteiger partial charge in [0.1, 0.15) is 29.9 Å². The number of phosphoric acid groups is 1. The average Bonchev–Trinajstić information content (AvgIpc) is 3.04. The molecule has 1 rings (SSSR count). The fraction of sp³-hybridized carbons (Fsp3) is 0.483. The molecule has 53 heavy (non-hydrogen) atoms. The molecule has 5 amide bonds. The van der Waals surface area contributed by atoms with Crippen LogP contribution in [0.25, 0.3) is 0 Å². The molecule has 294 valence electrons. The van der Waals surface area contributed by atoms with Gasteiger partial charge in [0, 0.05) is 32.1 Å². The molecule has 23 nitrogen and oxygen atoms in total. The number of carboxylic acid groups (broad SMARTS) is 4. The minimum Gasteiger partial charge on any atom is -0.481 e. The Balaban J connectivity index is 3.25. The summed E-state index contributed by atoms with van der Waals surface area (Å²) in [4.78, 5) is 127. The van der Waals surface area contributed by atoms with Crippen LogP contribution in [0.5, 0.6) is 5.75 Å². The number of rotatable bonds is 25. The first-order chi connectivity index (χ1) is 24.6. The molecule has 0 bridgehead atoms. The molecule has 0 spiro atoms. The fourth-order valence-electron chi connectivity index (χ4n) is 4.40. The number of carboxylic acids is 4. The SMILES string of the molecule is NC(=O)[C@@H](Cc1ccc(OP(=O)(O)O)cc1)NC(=O)[C@H](CCC(=O)O)NC(=O)[C@H](CCC(=O)O)NC(=O)[C@H](CCC(=O)O)NC(=O)[C@@H](N)CCC(=O)O. The number of primary amides is 1. The number of aliphatic carboxylic acids is 4. The molecule has 1 aromatic rings. The summed E-state index contributed by atoms with van der Waals surface area (Å²) in [5.41, 5.74) is 11.4. The average molecular weight is 777 g/mol. The lowest BCUT2D eigenvalue weighted by molar-refractivity contribution is -0.140. The fourth-order valence-corrected chi connectivity index (χ4v) is 4.79. The molecule has 0 aliphatic heterocycles. The summed E-state index contributed by atoms with van der Waals surface area (Å²) in [7, 11) is -4.87. The van der Waals surface area contributed by atoms with E-state index in [4.69, 9.17) is 31.5 Å². The summed E-state index contributed by atoms with van der Waals surface area (Å²) in [6.07, 6.45) is -5.05. The number of nitrogens with two attached hydrogens (primary N) is 2. The molecule has 0 fully saturated rings. The highest BCUT2D eigenvalue weighted by Crippen LogP contribution is 2.37. The Morgan fingerprint density at radius 3 is 1.26 bits per heavy atom. The van der Waals surface area contributed by atoms with Gasteiger partial charge in [0.15, 0.2) is 0 Å². The van der Waals surface area contributed by atoms with Crippen LogP contribution in [0.3, 0.4) is 0 Å². The Hall–Kier alpha value is -5.64. The Bertz CT molecular complexity index is 1570. The first-order valence-electron chi connectivity index (χ1n) is 15.6. The van der Waals surface area contributed by atoms with Gasteiger partial charge in [-0.25, -0.2) is 4.57 Å². The van der Waals surface area contributed by atoms with Crippen molar-refractivity contribution in [3.05, 3.63) is 29.8 Å². The number of nitrogens with one attached hydrogen (secondary N) is 4. The third-order valence-corrected chi connectivity index (χ3v) is 7.54. The van der Waals surface area contributed by atoms with Crippen molar-refractivity contribution >= 4 is 61.2 Å². The second kappa shape index (κ2) is 21.7. The van der Waals surface area contributed by atoms with Crippen molar-refractivity contribution in [3.8, 4) is 5.75 Å². The Kier molecular flexibility index (Phi) is 18.5. The molecule has 1 aromatic carbocycles. The molecule has 0 saturated heterocycles. The maximum Gasteiger partial charge on any atom is 0.524 e. The first kappa shape index (κ1) is 45.4. The summed E-state index contributed by atoms with van der Waals surface area (Å²) in [5.74, 6) is -11.4. The van der Waals surface area contributed by atoms with Crippen molar-refractivity contribution in [3.63, 3.8) is 0 Å². The van der Waals surface area contributed by atoms with E-state index in [9.17, 15) is 57.9 Å². The van der Waals surface area contributed by atoms with Crippen molar-refractivity contribution in [1.29, 1.82) is 0 Å². The van der Waals surface area contributed by atoms with Crippen molar-refractivity contribution in [2.24, 2.45) is 11.5 Å². The van der Waals surface area contributed by atoms with Crippen LogP contribution in [0, 0.1) is 0 Å². The van der Waals surface area contributed by atoms with Crippen molar-refractivity contribution in [2.45, 2.75) is 88.0 Å². The van der Waals surface area contributed by atoms with Gasteiger partial charge in [0.25, 0.3) is 0 Å². The van der Waals surface area contributed by atoms with Crippen LogP contribution in [0.4, 0.5) is 0 Å². The lowest BCUT2D eigenvalue weighted by atomic mass is 10.0. The van der Waals surface area contributed by atoms with Crippen molar-refractivity contribution in [2.75, 3.05) is 0 Å². The van der Waals surface area contributed by atoms with Gasteiger partial charge in [0.05, 0.1) is 6.04 Å². The quantitative estimate of drug-likeness (QED) is 0.0438. The van der Waals surface area contributed by atoms with Gasteiger partial charge >= 0.3 is 31.7 Å². The molecule has 24 heteroatoms. The van der Waals surface area contributed by atoms with Gasteiger partial charge in [-0.15, -0.1) is 0 Å². The topological polar surface area (TPSA) is 401 Å². The number of phosphoric ester groups is 1. The number of hydrogen-bond acceptors (Lipinski definition) is 12. The number of amides is 5. The van der Waals surface area contributed by atoms with E-state index >= 15 is 0 Å². The van der Waals surface area contributed by atoms with Crippen LogP contribution in [-0.2, 0) is 54.1 Å². The maximum absolute atomic E-state index is 13.4. The second-order valence-corrected chi connectivity index (χ2v) is 12.6. The molecule has 14 N–H and O–H groups in total.